The van der Waals surface area contributed by atoms with Crippen LogP contribution in [0, 0.1) is 0 Å². The van der Waals surface area contributed by atoms with Crippen molar-refractivity contribution < 1.29 is 19.0 Å². The van der Waals surface area contributed by atoms with E-state index in [1.165, 1.54) is 5.56 Å². The highest BCUT2D eigenvalue weighted by atomic mass is 16.5. The Morgan fingerprint density at radius 1 is 0.906 bits per heavy atom. The summed E-state index contributed by atoms with van der Waals surface area (Å²) >= 11 is 0. The number of rotatable bonds is 13. The van der Waals surface area contributed by atoms with Crippen LogP contribution in [0.3, 0.4) is 0 Å². The smallest absolute Gasteiger partial charge is 0.251 e. The van der Waals surface area contributed by atoms with Crippen LogP contribution in [0.25, 0.3) is 0 Å². The third kappa shape index (κ3) is 7.71. The molecule has 0 fully saturated rings. The predicted octanol–water partition coefficient (Wildman–Crippen LogP) is 4.44. The van der Waals surface area contributed by atoms with Gasteiger partial charge in [-0.1, -0.05) is 30.3 Å². The van der Waals surface area contributed by atoms with E-state index in [1.807, 2.05) is 37.3 Å². The van der Waals surface area contributed by atoms with Crippen LogP contribution in [-0.4, -0.2) is 37.3 Å². The number of amides is 1. The minimum absolute atomic E-state index is 0.143. The standard InChI is InChI=1S/C26H30N2O4/c1-2-31-25-19-23(9-10-24(25)32-20-22-11-15-27-16-12-22)26(29)28-14-6-17-30-18-13-21-7-4-3-5-8-21/h3-5,7-12,15-16,19H,2,6,13-14,17-18,20H2,1H3,(H,28,29). The van der Waals surface area contributed by atoms with Crippen molar-refractivity contribution >= 4 is 5.91 Å². The zero-order valence-corrected chi connectivity index (χ0v) is 18.5. The lowest BCUT2D eigenvalue weighted by Crippen LogP contribution is -2.25. The van der Waals surface area contributed by atoms with E-state index in [9.17, 15) is 4.79 Å². The first-order chi connectivity index (χ1) is 15.8. The molecule has 3 aromatic rings. The molecule has 2 aromatic carbocycles. The van der Waals surface area contributed by atoms with E-state index >= 15 is 0 Å². The first-order valence-corrected chi connectivity index (χ1v) is 10.9. The summed E-state index contributed by atoms with van der Waals surface area (Å²) < 4.78 is 17.2. The minimum atomic E-state index is -0.143. The van der Waals surface area contributed by atoms with Crippen LogP contribution in [0.1, 0.15) is 34.8 Å². The Hall–Kier alpha value is -3.38. The number of carbonyl (C=O) groups excluding carboxylic acids is 1. The zero-order chi connectivity index (χ0) is 22.4. The van der Waals surface area contributed by atoms with Gasteiger partial charge in [-0.15, -0.1) is 0 Å². The largest absolute Gasteiger partial charge is 0.490 e. The molecule has 1 amide bonds. The van der Waals surface area contributed by atoms with Gasteiger partial charge in [0.05, 0.1) is 13.2 Å². The van der Waals surface area contributed by atoms with E-state index in [0.717, 1.165) is 18.4 Å². The molecule has 32 heavy (non-hydrogen) atoms. The molecule has 0 bridgehead atoms. The summed E-state index contributed by atoms with van der Waals surface area (Å²) in [5, 5.41) is 2.93. The molecular weight excluding hydrogens is 404 g/mol. The molecule has 0 saturated carbocycles. The summed E-state index contributed by atoms with van der Waals surface area (Å²) in [5.41, 5.74) is 2.81. The van der Waals surface area contributed by atoms with E-state index in [0.29, 0.717) is 50.0 Å². The number of aromatic nitrogens is 1. The molecule has 0 spiro atoms. The Balaban J connectivity index is 1.41. The number of pyridine rings is 1. The van der Waals surface area contributed by atoms with Gasteiger partial charge < -0.3 is 19.5 Å². The summed E-state index contributed by atoms with van der Waals surface area (Å²) in [6, 6.07) is 19.3. The van der Waals surface area contributed by atoms with E-state index in [-0.39, 0.29) is 5.91 Å². The summed E-state index contributed by atoms with van der Waals surface area (Å²) in [5.74, 6) is 1.02. The van der Waals surface area contributed by atoms with Crippen LogP contribution in [0.15, 0.2) is 73.1 Å². The minimum Gasteiger partial charge on any atom is -0.490 e. The van der Waals surface area contributed by atoms with Gasteiger partial charge >= 0.3 is 0 Å². The SMILES string of the molecule is CCOc1cc(C(=O)NCCCOCCc2ccccc2)ccc1OCc1ccncc1. The molecule has 6 nitrogen and oxygen atoms in total. The lowest BCUT2D eigenvalue weighted by Gasteiger charge is -2.13. The second kappa shape index (κ2) is 13.1. The van der Waals surface area contributed by atoms with E-state index in [2.05, 4.69) is 22.4 Å². The number of nitrogens with zero attached hydrogens (tertiary/aromatic N) is 1. The maximum absolute atomic E-state index is 12.5. The van der Waals surface area contributed by atoms with Crippen molar-refractivity contribution in [3.05, 3.63) is 89.7 Å². The molecule has 0 aliphatic heterocycles. The van der Waals surface area contributed by atoms with Crippen molar-refractivity contribution in [3.8, 4) is 11.5 Å². The molecule has 0 aliphatic rings. The van der Waals surface area contributed by atoms with Gasteiger partial charge in [0.2, 0.25) is 0 Å². The lowest BCUT2D eigenvalue weighted by atomic mass is 10.2. The summed E-state index contributed by atoms with van der Waals surface area (Å²) in [4.78, 5) is 16.5. The van der Waals surface area contributed by atoms with E-state index < -0.39 is 0 Å². The van der Waals surface area contributed by atoms with Crippen molar-refractivity contribution in [1.82, 2.24) is 10.3 Å². The number of benzene rings is 2. The van der Waals surface area contributed by atoms with Crippen LogP contribution in [0.4, 0.5) is 0 Å². The molecule has 0 atom stereocenters. The van der Waals surface area contributed by atoms with Gasteiger partial charge in [0.25, 0.3) is 5.91 Å². The first kappa shape index (κ1) is 23.3. The maximum Gasteiger partial charge on any atom is 0.251 e. The Kier molecular flexibility index (Phi) is 9.55. The summed E-state index contributed by atoms with van der Waals surface area (Å²) in [7, 11) is 0. The Bertz CT molecular complexity index is 949. The first-order valence-electron chi connectivity index (χ1n) is 10.9. The monoisotopic (exact) mass is 434 g/mol. The molecule has 1 aromatic heterocycles. The van der Waals surface area contributed by atoms with Gasteiger partial charge in [0, 0.05) is 31.1 Å². The van der Waals surface area contributed by atoms with Crippen LogP contribution in [0.2, 0.25) is 0 Å². The van der Waals surface area contributed by atoms with Gasteiger partial charge in [-0.05, 0) is 61.2 Å². The van der Waals surface area contributed by atoms with Crippen molar-refractivity contribution in [2.45, 2.75) is 26.4 Å². The van der Waals surface area contributed by atoms with Gasteiger partial charge in [-0.25, -0.2) is 0 Å². The molecular formula is C26H30N2O4. The fourth-order valence-electron chi connectivity index (χ4n) is 3.09. The van der Waals surface area contributed by atoms with Gasteiger partial charge in [0.1, 0.15) is 6.61 Å². The molecule has 0 unspecified atom stereocenters. The zero-order valence-electron chi connectivity index (χ0n) is 18.5. The Morgan fingerprint density at radius 2 is 1.72 bits per heavy atom. The third-order valence-corrected chi connectivity index (χ3v) is 4.78. The second-order valence-corrected chi connectivity index (χ2v) is 7.20. The highest BCUT2D eigenvalue weighted by molar-refractivity contribution is 5.94. The van der Waals surface area contributed by atoms with E-state index in [1.54, 1.807) is 30.6 Å². The topological polar surface area (TPSA) is 69.7 Å². The van der Waals surface area contributed by atoms with Crippen molar-refractivity contribution in [1.29, 1.82) is 0 Å². The van der Waals surface area contributed by atoms with Crippen LogP contribution >= 0.6 is 0 Å². The number of nitrogens with one attached hydrogen (secondary N) is 1. The lowest BCUT2D eigenvalue weighted by molar-refractivity contribution is 0.0941. The molecule has 0 aliphatic carbocycles. The fraction of sp³-hybridized carbons (Fsp3) is 0.308. The van der Waals surface area contributed by atoms with E-state index in [4.69, 9.17) is 14.2 Å². The number of ether oxygens (including phenoxy) is 3. The molecule has 0 radical (unpaired) electrons. The number of carbonyl (C=O) groups is 1. The van der Waals surface area contributed by atoms with Crippen LogP contribution < -0.4 is 14.8 Å². The summed E-state index contributed by atoms with van der Waals surface area (Å²) in [6.45, 7) is 4.62. The van der Waals surface area contributed by atoms with Gasteiger partial charge in [-0.2, -0.15) is 0 Å². The molecule has 3 rings (SSSR count). The van der Waals surface area contributed by atoms with Gasteiger partial charge in [0.15, 0.2) is 11.5 Å². The second-order valence-electron chi connectivity index (χ2n) is 7.20. The van der Waals surface area contributed by atoms with Crippen molar-refractivity contribution in [3.63, 3.8) is 0 Å². The summed E-state index contributed by atoms with van der Waals surface area (Å²) in [6.07, 6.45) is 5.10. The average Bonchev–Trinajstić information content (AvgIpc) is 2.84. The fourth-order valence-corrected chi connectivity index (χ4v) is 3.09. The Labute approximate surface area is 189 Å². The third-order valence-electron chi connectivity index (χ3n) is 4.78. The quantitative estimate of drug-likeness (QED) is 0.403. The number of hydrogen-bond donors (Lipinski definition) is 1. The average molecular weight is 435 g/mol. The number of hydrogen-bond acceptors (Lipinski definition) is 5. The van der Waals surface area contributed by atoms with Crippen LogP contribution in [0.5, 0.6) is 11.5 Å². The highest BCUT2D eigenvalue weighted by Gasteiger charge is 2.12. The molecule has 0 saturated heterocycles. The normalized spacial score (nSPS) is 10.5. The van der Waals surface area contributed by atoms with Crippen molar-refractivity contribution in [2.24, 2.45) is 0 Å². The molecule has 1 heterocycles. The van der Waals surface area contributed by atoms with Crippen LogP contribution in [-0.2, 0) is 17.8 Å². The molecule has 6 heteroatoms. The van der Waals surface area contributed by atoms with Gasteiger partial charge in [-0.3, -0.25) is 9.78 Å². The predicted molar refractivity (Wildman–Crippen MR) is 124 cm³/mol. The molecule has 1 N–H and O–H groups in total. The maximum atomic E-state index is 12.5. The Morgan fingerprint density at radius 3 is 2.50 bits per heavy atom. The highest BCUT2D eigenvalue weighted by Crippen LogP contribution is 2.29. The molecule has 168 valence electrons. The van der Waals surface area contributed by atoms with Crippen molar-refractivity contribution in [2.75, 3.05) is 26.4 Å².